The highest BCUT2D eigenvalue weighted by molar-refractivity contribution is 7.15. The number of hydrogen-bond donors (Lipinski definition) is 1. The number of halogens is 1. The smallest absolute Gasteiger partial charge is 0.227 e. The molecule has 0 aliphatic heterocycles. The fourth-order valence-corrected chi connectivity index (χ4v) is 3.19. The molecule has 142 valence electrons. The number of aryl methyl sites for hydroxylation is 1. The summed E-state index contributed by atoms with van der Waals surface area (Å²) in [6.45, 7) is 5.99. The van der Waals surface area contributed by atoms with Crippen LogP contribution in [0.25, 0.3) is 0 Å². The Morgan fingerprint density at radius 3 is 2.78 bits per heavy atom. The van der Waals surface area contributed by atoms with Gasteiger partial charge in [0.2, 0.25) is 11.8 Å². The highest BCUT2D eigenvalue weighted by Gasteiger charge is 2.21. The monoisotopic (exact) mass is 388 g/mol. The number of hydrogen-bond acceptors (Lipinski definition) is 6. The summed E-state index contributed by atoms with van der Waals surface area (Å²) in [5.41, 5.74) is 0.407. The van der Waals surface area contributed by atoms with Crippen molar-refractivity contribution in [3.8, 4) is 0 Å². The summed E-state index contributed by atoms with van der Waals surface area (Å²) in [6.07, 6.45) is 2.68. The molecular formula is C19H21FN4O2S. The van der Waals surface area contributed by atoms with Gasteiger partial charge in [-0.3, -0.25) is 4.79 Å². The van der Waals surface area contributed by atoms with Gasteiger partial charge in [-0.1, -0.05) is 44.1 Å². The molecule has 1 amide bonds. The van der Waals surface area contributed by atoms with Crippen LogP contribution < -0.4 is 5.32 Å². The van der Waals surface area contributed by atoms with E-state index in [1.54, 1.807) is 24.4 Å². The Morgan fingerprint density at radius 1 is 1.30 bits per heavy atom. The van der Waals surface area contributed by atoms with Gasteiger partial charge in [-0.2, -0.15) is 4.98 Å². The van der Waals surface area contributed by atoms with Crippen molar-refractivity contribution in [2.75, 3.05) is 5.32 Å². The normalized spacial score (nSPS) is 11.6. The molecule has 27 heavy (non-hydrogen) atoms. The van der Waals surface area contributed by atoms with E-state index in [4.69, 9.17) is 4.52 Å². The van der Waals surface area contributed by atoms with Crippen LogP contribution in [0, 0.1) is 5.82 Å². The number of amides is 1. The summed E-state index contributed by atoms with van der Waals surface area (Å²) in [6, 6.07) is 6.63. The summed E-state index contributed by atoms with van der Waals surface area (Å²) < 4.78 is 18.9. The molecule has 0 atom stereocenters. The van der Waals surface area contributed by atoms with Gasteiger partial charge in [0.1, 0.15) is 5.82 Å². The van der Waals surface area contributed by atoms with Crippen LogP contribution >= 0.6 is 11.3 Å². The van der Waals surface area contributed by atoms with Gasteiger partial charge in [0.25, 0.3) is 0 Å². The van der Waals surface area contributed by atoms with Gasteiger partial charge in [0.05, 0.1) is 0 Å². The highest BCUT2D eigenvalue weighted by Crippen LogP contribution is 2.23. The molecule has 6 nitrogen and oxygen atoms in total. The first kappa shape index (κ1) is 19.2. The predicted molar refractivity (Wildman–Crippen MR) is 101 cm³/mol. The van der Waals surface area contributed by atoms with Gasteiger partial charge in [-0.15, -0.1) is 11.3 Å². The van der Waals surface area contributed by atoms with E-state index in [1.807, 2.05) is 20.8 Å². The van der Waals surface area contributed by atoms with Crippen LogP contribution in [0.1, 0.15) is 49.3 Å². The molecule has 0 radical (unpaired) electrons. The third-order valence-corrected chi connectivity index (χ3v) is 4.74. The fourth-order valence-electron chi connectivity index (χ4n) is 2.34. The topological polar surface area (TPSA) is 80.9 Å². The molecule has 0 aliphatic rings. The van der Waals surface area contributed by atoms with E-state index >= 15 is 0 Å². The number of carbonyl (C=O) groups is 1. The second kappa shape index (κ2) is 7.96. The molecule has 0 bridgehead atoms. The molecule has 0 saturated carbocycles. The Hall–Kier alpha value is -2.61. The summed E-state index contributed by atoms with van der Waals surface area (Å²) >= 11 is 1.33. The largest absolute Gasteiger partial charge is 0.339 e. The number of thiazole rings is 1. The van der Waals surface area contributed by atoms with Gasteiger partial charge in [0.15, 0.2) is 11.0 Å². The van der Waals surface area contributed by atoms with Gasteiger partial charge >= 0.3 is 0 Å². The number of aromatic nitrogens is 3. The molecule has 0 unspecified atom stereocenters. The minimum atomic E-state index is -0.245. The maximum atomic E-state index is 13.7. The lowest BCUT2D eigenvalue weighted by Crippen LogP contribution is -2.14. The van der Waals surface area contributed by atoms with Crippen molar-refractivity contribution in [3.05, 3.63) is 58.4 Å². The van der Waals surface area contributed by atoms with E-state index < -0.39 is 0 Å². The number of benzene rings is 1. The number of nitrogens with zero attached hydrogens (tertiary/aromatic N) is 3. The van der Waals surface area contributed by atoms with E-state index in [0.717, 1.165) is 4.88 Å². The van der Waals surface area contributed by atoms with Gasteiger partial charge in [-0.25, -0.2) is 9.37 Å². The minimum Gasteiger partial charge on any atom is -0.339 e. The Labute approximate surface area is 160 Å². The third kappa shape index (κ3) is 5.19. The SMILES string of the molecule is CC(C)(C)c1noc(CCC(=O)Nc2ncc(Cc3ccccc3F)s2)n1. The van der Waals surface area contributed by atoms with Crippen LogP contribution in [0.5, 0.6) is 0 Å². The van der Waals surface area contributed by atoms with Gasteiger partial charge < -0.3 is 9.84 Å². The van der Waals surface area contributed by atoms with E-state index in [0.29, 0.717) is 35.3 Å². The first-order valence-corrected chi connectivity index (χ1v) is 9.44. The van der Waals surface area contributed by atoms with Crippen molar-refractivity contribution in [2.45, 2.75) is 45.4 Å². The Kier molecular flexibility index (Phi) is 5.65. The molecule has 3 rings (SSSR count). The van der Waals surface area contributed by atoms with Crippen molar-refractivity contribution in [2.24, 2.45) is 0 Å². The first-order chi connectivity index (χ1) is 12.8. The van der Waals surface area contributed by atoms with E-state index in [-0.39, 0.29) is 23.6 Å². The van der Waals surface area contributed by atoms with E-state index in [2.05, 4.69) is 20.4 Å². The second-order valence-electron chi connectivity index (χ2n) is 7.21. The molecule has 1 N–H and O–H groups in total. The van der Waals surface area contributed by atoms with Gasteiger partial charge in [0, 0.05) is 35.8 Å². The van der Waals surface area contributed by atoms with Crippen LogP contribution in [0.2, 0.25) is 0 Å². The standard InChI is InChI=1S/C19H21FN4O2S/c1-19(2,3)17-23-16(26-24-17)9-8-15(25)22-18-21-11-13(27-18)10-12-6-4-5-7-14(12)20/h4-7,11H,8-10H2,1-3H3,(H,21,22,25). The van der Waals surface area contributed by atoms with E-state index in [1.165, 1.54) is 17.4 Å². The zero-order chi connectivity index (χ0) is 19.4. The van der Waals surface area contributed by atoms with Crippen molar-refractivity contribution >= 4 is 22.4 Å². The molecule has 0 aliphatic carbocycles. The fraction of sp³-hybridized carbons (Fsp3) is 0.368. The lowest BCUT2D eigenvalue weighted by molar-refractivity contribution is -0.116. The van der Waals surface area contributed by atoms with Crippen LogP contribution in [0.3, 0.4) is 0 Å². The van der Waals surface area contributed by atoms with Crippen molar-refractivity contribution in [1.29, 1.82) is 0 Å². The Balaban J connectivity index is 1.52. The third-order valence-electron chi connectivity index (χ3n) is 3.83. The predicted octanol–water partition coefficient (Wildman–Crippen LogP) is 4.12. The number of anilines is 1. The minimum absolute atomic E-state index is 0.183. The van der Waals surface area contributed by atoms with Crippen molar-refractivity contribution < 1.29 is 13.7 Å². The average molecular weight is 388 g/mol. The highest BCUT2D eigenvalue weighted by atomic mass is 32.1. The molecule has 8 heteroatoms. The molecule has 0 spiro atoms. The average Bonchev–Trinajstić information content (AvgIpc) is 3.24. The Morgan fingerprint density at radius 2 is 2.07 bits per heavy atom. The molecular weight excluding hydrogens is 367 g/mol. The van der Waals surface area contributed by atoms with Gasteiger partial charge in [-0.05, 0) is 11.6 Å². The lowest BCUT2D eigenvalue weighted by Gasteiger charge is -2.10. The molecule has 0 fully saturated rings. The maximum absolute atomic E-state index is 13.7. The molecule has 0 saturated heterocycles. The number of rotatable bonds is 6. The number of carbonyl (C=O) groups excluding carboxylic acids is 1. The van der Waals surface area contributed by atoms with E-state index in [9.17, 15) is 9.18 Å². The zero-order valence-corrected chi connectivity index (χ0v) is 16.3. The zero-order valence-electron chi connectivity index (χ0n) is 15.5. The lowest BCUT2D eigenvalue weighted by atomic mass is 9.96. The molecule has 3 aromatic rings. The summed E-state index contributed by atoms with van der Waals surface area (Å²) in [5, 5.41) is 7.19. The quantitative estimate of drug-likeness (QED) is 0.687. The molecule has 1 aromatic carbocycles. The number of nitrogens with one attached hydrogen (secondary N) is 1. The van der Waals surface area contributed by atoms with Crippen LogP contribution in [0.15, 0.2) is 35.0 Å². The summed E-state index contributed by atoms with van der Waals surface area (Å²) in [4.78, 5) is 21.5. The van der Waals surface area contributed by atoms with Crippen LogP contribution in [-0.2, 0) is 23.1 Å². The van der Waals surface area contributed by atoms with Crippen LogP contribution in [-0.4, -0.2) is 21.0 Å². The molecule has 2 heterocycles. The Bertz CT molecular complexity index is 930. The molecule has 2 aromatic heterocycles. The summed E-state index contributed by atoms with van der Waals surface area (Å²) in [5.74, 6) is 0.632. The van der Waals surface area contributed by atoms with Crippen molar-refractivity contribution in [3.63, 3.8) is 0 Å². The maximum Gasteiger partial charge on any atom is 0.227 e. The first-order valence-electron chi connectivity index (χ1n) is 8.62. The van der Waals surface area contributed by atoms with Crippen LogP contribution in [0.4, 0.5) is 9.52 Å². The second-order valence-corrected chi connectivity index (χ2v) is 8.33. The summed E-state index contributed by atoms with van der Waals surface area (Å²) in [7, 11) is 0. The van der Waals surface area contributed by atoms with Crippen molar-refractivity contribution in [1.82, 2.24) is 15.1 Å².